The van der Waals surface area contributed by atoms with E-state index < -0.39 is 5.60 Å². The van der Waals surface area contributed by atoms with Gasteiger partial charge in [0, 0.05) is 6.42 Å². The Kier molecular flexibility index (Phi) is 4.63. The zero-order chi connectivity index (χ0) is 15.5. The van der Waals surface area contributed by atoms with Crippen LogP contribution in [0.3, 0.4) is 0 Å². The lowest BCUT2D eigenvalue weighted by atomic mass is 9.89. The van der Waals surface area contributed by atoms with Gasteiger partial charge in [-0.05, 0) is 56.2 Å². The van der Waals surface area contributed by atoms with Crippen LogP contribution in [0.5, 0.6) is 5.75 Å². The SMILES string of the molecule is CC(C)Oc1cccc(C(C)(O)Cc2cccc(F)c2)c1. The molecule has 0 saturated heterocycles. The molecule has 1 N–H and O–H groups in total. The molecule has 0 spiro atoms. The fraction of sp³-hybridized carbons (Fsp3) is 0.333. The fourth-order valence-corrected chi connectivity index (χ4v) is 2.32. The molecule has 0 fully saturated rings. The minimum Gasteiger partial charge on any atom is -0.491 e. The Morgan fingerprint density at radius 3 is 2.52 bits per heavy atom. The molecule has 3 heteroatoms. The van der Waals surface area contributed by atoms with Crippen molar-refractivity contribution in [1.29, 1.82) is 0 Å². The topological polar surface area (TPSA) is 29.5 Å². The molecule has 21 heavy (non-hydrogen) atoms. The normalized spacial score (nSPS) is 14.0. The van der Waals surface area contributed by atoms with Crippen LogP contribution in [0, 0.1) is 5.82 Å². The Bertz CT molecular complexity index is 606. The molecule has 2 aromatic carbocycles. The summed E-state index contributed by atoms with van der Waals surface area (Å²) in [6, 6.07) is 13.7. The summed E-state index contributed by atoms with van der Waals surface area (Å²) in [5.41, 5.74) is 0.435. The van der Waals surface area contributed by atoms with E-state index in [0.717, 1.165) is 16.9 Å². The number of benzene rings is 2. The van der Waals surface area contributed by atoms with Crippen molar-refractivity contribution < 1.29 is 14.2 Å². The Balaban J connectivity index is 2.22. The number of hydrogen-bond acceptors (Lipinski definition) is 2. The van der Waals surface area contributed by atoms with Crippen LogP contribution < -0.4 is 4.74 Å². The van der Waals surface area contributed by atoms with Crippen LogP contribution >= 0.6 is 0 Å². The molecule has 0 radical (unpaired) electrons. The predicted molar refractivity (Wildman–Crippen MR) is 81.9 cm³/mol. The van der Waals surface area contributed by atoms with Crippen LogP contribution in [-0.2, 0) is 12.0 Å². The molecule has 0 aliphatic carbocycles. The molecule has 112 valence electrons. The van der Waals surface area contributed by atoms with Crippen LogP contribution in [0.4, 0.5) is 4.39 Å². The lowest BCUT2D eigenvalue weighted by Gasteiger charge is -2.25. The maximum Gasteiger partial charge on any atom is 0.123 e. The van der Waals surface area contributed by atoms with Crippen molar-refractivity contribution in [2.24, 2.45) is 0 Å². The van der Waals surface area contributed by atoms with Crippen LogP contribution in [0.1, 0.15) is 31.9 Å². The number of aliphatic hydroxyl groups is 1. The Labute approximate surface area is 125 Å². The highest BCUT2D eigenvalue weighted by Crippen LogP contribution is 2.28. The number of ether oxygens (including phenoxy) is 1. The molecule has 2 aromatic rings. The largest absolute Gasteiger partial charge is 0.491 e. The van der Waals surface area contributed by atoms with E-state index in [9.17, 15) is 9.50 Å². The molecule has 0 saturated carbocycles. The van der Waals surface area contributed by atoms with Crippen LogP contribution in [0.25, 0.3) is 0 Å². The van der Waals surface area contributed by atoms with E-state index in [-0.39, 0.29) is 11.9 Å². The summed E-state index contributed by atoms with van der Waals surface area (Å²) in [6.07, 6.45) is 0.420. The van der Waals surface area contributed by atoms with Gasteiger partial charge in [-0.25, -0.2) is 4.39 Å². The first-order chi connectivity index (χ1) is 9.87. The highest BCUT2D eigenvalue weighted by atomic mass is 19.1. The Hall–Kier alpha value is -1.87. The van der Waals surface area contributed by atoms with E-state index in [1.165, 1.54) is 12.1 Å². The molecule has 0 aliphatic rings. The molecule has 0 bridgehead atoms. The first-order valence-electron chi connectivity index (χ1n) is 7.11. The number of hydrogen-bond donors (Lipinski definition) is 1. The monoisotopic (exact) mass is 288 g/mol. The van der Waals surface area contributed by atoms with E-state index in [1.807, 2.05) is 44.2 Å². The van der Waals surface area contributed by atoms with Crippen molar-refractivity contribution in [3.63, 3.8) is 0 Å². The third-order valence-electron chi connectivity index (χ3n) is 3.27. The fourth-order valence-electron chi connectivity index (χ4n) is 2.32. The molecule has 0 amide bonds. The summed E-state index contributed by atoms with van der Waals surface area (Å²) in [4.78, 5) is 0. The van der Waals surface area contributed by atoms with Crippen molar-refractivity contribution in [3.05, 3.63) is 65.5 Å². The van der Waals surface area contributed by atoms with Crippen LogP contribution in [-0.4, -0.2) is 11.2 Å². The van der Waals surface area contributed by atoms with Gasteiger partial charge in [0.05, 0.1) is 11.7 Å². The summed E-state index contributed by atoms with van der Waals surface area (Å²) < 4.78 is 18.9. The van der Waals surface area contributed by atoms with Gasteiger partial charge in [-0.2, -0.15) is 0 Å². The van der Waals surface area contributed by atoms with Crippen LogP contribution in [0.15, 0.2) is 48.5 Å². The summed E-state index contributed by atoms with van der Waals surface area (Å²) in [6.45, 7) is 5.64. The summed E-state index contributed by atoms with van der Waals surface area (Å²) in [7, 11) is 0. The first-order valence-corrected chi connectivity index (χ1v) is 7.11. The lowest BCUT2D eigenvalue weighted by Crippen LogP contribution is -2.24. The minimum atomic E-state index is -1.08. The molecular weight excluding hydrogens is 267 g/mol. The Morgan fingerprint density at radius 2 is 1.86 bits per heavy atom. The average Bonchev–Trinajstić information content (AvgIpc) is 2.37. The Morgan fingerprint density at radius 1 is 1.14 bits per heavy atom. The third kappa shape index (κ3) is 4.30. The summed E-state index contributed by atoms with van der Waals surface area (Å²) >= 11 is 0. The van der Waals surface area contributed by atoms with E-state index >= 15 is 0 Å². The highest BCUT2D eigenvalue weighted by Gasteiger charge is 2.24. The second-order valence-electron chi connectivity index (χ2n) is 5.77. The minimum absolute atomic E-state index is 0.0772. The summed E-state index contributed by atoms with van der Waals surface area (Å²) in [5, 5.41) is 10.7. The number of halogens is 1. The van der Waals surface area contributed by atoms with Gasteiger partial charge in [0.25, 0.3) is 0 Å². The molecule has 2 rings (SSSR count). The zero-order valence-corrected chi connectivity index (χ0v) is 12.6. The number of rotatable bonds is 5. The van der Waals surface area contributed by atoms with Gasteiger partial charge >= 0.3 is 0 Å². The predicted octanol–water partition coefficient (Wildman–Crippen LogP) is 4.06. The maximum atomic E-state index is 13.3. The zero-order valence-electron chi connectivity index (χ0n) is 12.6. The second-order valence-corrected chi connectivity index (χ2v) is 5.77. The van der Waals surface area contributed by atoms with Gasteiger partial charge in [0.15, 0.2) is 0 Å². The molecule has 1 atom stereocenters. The van der Waals surface area contributed by atoms with E-state index in [4.69, 9.17) is 4.74 Å². The van der Waals surface area contributed by atoms with Crippen molar-refractivity contribution in [2.45, 2.75) is 38.9 Å². The molecule has 2 nitrogen and oxygen atoms in total. The van der Waals surface area contributed by atoms with Gasteiger partial charge in [-0.3, -0.25) is 0 Å². The van der Waals surface area contributed by atoms with Crippen molar-refractivity contribution in [3.8, 4) is 5.75 Å². The molecule has 0 aromatic heterocycles. The van der Waals surface area contributed by atoms with Crippen molar-refractivity contribution in [2.75, 3.05) is 0 Å². The quantitative estimate of drug-likeness (QED) is 0.899. The maximum absolute atomic E-state index is 13.3. The van der Waals surface area contributed by atoms with Crippen LogP contribution in [0.2, 0.25) is 0 Å². The average molecular weight is 288 g/mol. The van der Waals surface area contributed by atoms with E-state index in [0.29, 0.717) is 6.42 Å². The van der Waals surface area contributed by atoms with E-state index in [2.05, 4.69) is 0 Å². The first kappa shape index (κ1) is 15.5. The molecular formula is C18H21FO2. The highest BCUT2D eigenvalue weighted by molar-refractivity contribution is 5.33. The van der Waals surface area contributed by atoms with E-state index in [1.54, 1.807) is 13.0 Å². The summed E-state index contributed by atoms with van der Waals surface area (Å²) in [5.74, 6) is 0.433. The smallest absolute Gasteiger partial charge is 0.123 e. The van der Waals surface area contributed by atoms with Gasteiger partial charge in [-0.15, -0.1) is 0 Å². The van der Waals surface area contributed by atoms with Gasteiger partial charge in [0.1, 0.15) is 11.6 Å². The van der Waals surface area contributed by atoms with Crippen molar-refractivity contribution >= 4 is 0 Å². The molecule has 0 heterocycles. The van der Waals surface area contributed by atoms with Gasteiger partial charge in [-0.1, -0.05) is 24.3 Å². The van der Waals surface area contributed by atoms with Crippen molar-refractivity contribution in [1.82, 2.24) is 0 Å². The van der Waals surface area contributed by atoms with Gasteiger partial charge < -0.3 is 9.84 Å². The second kappa shape index (κ2) is 6.27. The third-order valence-corrected chi connectivity index (χ3v) is 3.27. The lowest BCUT2D eigenvalue weighted by molar-refractivity contribution is 0.0571. The molecule has 1 unspecified atom stereocenters. The van der Waals surface area contributed by atoms with Gasteiger partial charge in [0.2, 0.25) is 0 Å². The molecule has 0 aliphatic heterocycles. The standard InChI is InChI=1S/C18H21FO2/c1-13(2)21-17-9-5-7-15(11-17)18(3,20)12-14-6-4-8-16(19)10-14/h4-11,13,20H,12H2,1-3H3.